The van der Waals surface area contributed by atoms with Gasteiger partial charge in [0.05, 0.1) is 6.54 Å². The van der Waals surface area contributed by atoms with Gasteiger partial charge in [-0.15, -0.1) is 11.3 Å². The largest absolute Gasteiger partial charge is 0.340 e. The van der Waals surface area contributed by atoms with Gasteiger partial charge in [-0.25, -0.2) is 0 Å². The summed E-state index contributed by atoms with van der Waals surface area (Å²) >= 11 is 1.64. The summed E-state index contributed by atoms with van der Waals surface area (Å²) in [6, 6.07) is 4.01. The van der Waals surface area contributed by atoms with E-state index < -0.39 is 11.1 Å². The van der Waals surface area contributed by atoms with Crippen LogP contribution in [0.2, 0.25) is 0 Å². The third-order valence-electron chi connectivity index (χ3n) is 4.47. The van der Waals surface area contributed by atoms with Crippen molar-refractivity contribution < 1.29 is 9.59 Å². The minimum atomic E-state index is -0.803. The maximum atomic E-state index is 12.8. The molecule has 1 aliphatic heterocycles. The van der Waals surface area contributed by atoms with E-state index in [1.165, 1.54) is 0 Å². The van der Waals surface area contributed by atoms with E-state index in [0.29, 0.717) is 6.54 Å². The lowest BCUT2D eigenvalue weighted by atomic mass is 9.85. The van der Waals surface area contributed by atoms with Gasteiger partial charge in [-0.1, -0.05) is 18.9 Å². The number of nitrogens with one attached hydrogen (secondary N) is 1. The first-order valence-corrected chi connectivity index (χ1v) is 8.01. The van der Waals surface area contributed by atoms with Gasteiger partial charge in [0.2, 0.25) is 11.8 Å². The molecule has 1 N–H and O–H groups in total. The van der Waals surface area contributed by atoms with E-state index in [-0.39, 0.29) is 11.8 Å². The van der Waals surface area contributed by atoms with Crippen LogP contribution in [0.15, 0.2) is 17.5 Å². The van der Waals surface area contributed by atoms with Crippen molar-refractivity contribution in [3.8, 4) is 0 Å². The first kappa shape index (κ1) is 13.6. The Kier molecular flexibility index (Phi) is 3.12. The summed E-state index contributed by atoms with van der Waals surface area (Å²) in [7, 11) is 0. The Morgan fingerprint density at radius 3 is 2.60 bits per heavy atom. The van der Waals surface area contributed by atoms with E-state index in [1.54, 1.807) is 25.2 Å². The van der Waals surface area contributed by atoms with Gasteiger partial charge in [0, 0.05) is 4.88 Å². The average Bonchev–Trinajstić information content (AvgIpc) is 3.05. The molecular weight excluding hydrogens is 272 g/mol. The second kappa shape index (κ2) is 4.58. The van der Waals surface area contributed by atoms with E-state index >= 15 is 0 Å². The lowest BCUT2D eigenvalue weighted by Crippen LogP contribution is -2.73. The Morgan fingerprint density at radius 2 is 2.00 bits per heavy atom. The Hall–Kier alpha value is -1.36. The highest BCUT2D eigenvalue weighted by Gasteiger charge is 2.56. The fourth-order valence-electron chi connectivity index (χ4n) is 3.35. The Bertz CT molecular complexity index is 530. The summed E-state index contributed by atoms with van der Waals surface area (Å²) < 4.78 is 0. The summed E-state index contributed by atoms with van der Waals surface area (Å²) in [5.41, 5.74) is -1.42. The molecule has 0 bridgehead atoms. The fraction of sp³-hybridized carbons (Fsp3) is 0.600. The van der Waals surface area contributed by atoms with Gasteiger partial charge in [0.25, 0.3) is 0 Å². The molecule has 1 aliphatic carbocycles. The molecule has 1 saturated carbocycles. The van der Waals surface area contributed by atoms with Crippen LogP contribution in [-0.4, -0.2) is 27.8 Å². The zero-order chi connectivity index (χ0) is 14.4. The van der Waals surface area contributed by atoms with Gasteiger partial charge in [-0.3, -0.25) is 9.59 Å². The van der Waals surface area contributed by atoms with Gasteiger partial charge in [0.15, 0.2) is 0 Å². The number of hydrogen-bond donors (Lipinski definition) is 1. The van der Waals surface area contributed by atoms with E-state index in [9.17, 15) is 9.59 Å². The molecule has 4 nitrogen and oxygen atoms in total. The van der Waals surface area contributed by atoms with Crippen molar-refractivity contribution in [2.24, 2.45) is 0 Å². The van der Waals surface area contributed by atoms with Crippen LogP contribution in [-0.2, 0) is 16.1 Å². The molecule has 2 amide bonds. The molecule has 2 fully saturated rings. The van der Waals surface area contributed by atoms with Crippen LogP contribution < -0.4 is 5.32 Å². The van der Waals surface area contributed by atoms with Crippen molar-refractivity contribution >= 4 is 23.2 Å². The molecule has 1 spiro atoms. The highest BCUT2D eigenvalue weighted by atomic mass is 32.1. The molecule has 0 aromatic carbocycles. The molecule has 1 saturated heterocycles. The monoisotopic (exact) mass is 292 g/mol. The molecule has 0 unspecified atom stereocenters. The fourth-order valence-corrected chi connectivity index (χ4v) is 4.04. The normalized spacial score (nSPS) is 24.2. The van der Waals surface area contributed by atoms with Crippen LogP contribution in [0.5, 0.6) is 0 Å². The van der Waals surface area contributed by atoms with Crippen molar-refractivity contribution in [2.75, 3.05) is 0 Å². The van der Waals surface area contributed by atoms with E-state index in [2.05, 4.69) is 5.32 Å². The summed E-state index contributed by atoms with van der Waals surface area (Å²) in [5.74, 6) is 0.0588. The maximum Gasteiger partial charge on any atom is 0.248 e. The first-order valence-electron chi connectivity index (χ1n) is 7.13. The lowest BCUT2D eigenvalue weighted by Gasteiger charge is -2.49. The number of rotatable bonds is 2. The van der Waals surface area contributed by atoms with Crippen LogP contribution in [0.4, 0.5) is 0 Å². The topological polar surface area (TPSA) is 49.4 Å². The average molecular weight is 292 g/mol. The summed E-state index contributed by atoms with van der Waals surface area (Å²) in [6.07, 6.45) is 3.60. The second-order valence-corrected chi connectivity index (χ2v) is 7.32. The molecule has 5 heteroatoms. The van der Waals surface area contributed by atoms with Crippen LogP contribution >= 0.6 is 11.3 Å². The Morgan fingerprint density at radius 1 is 1.30 bits per heavy atom. The summed E-state index contributed by atoms with van der Waals surface area (Å²) in [4.78, 5) is 28.4. The third-order valence-corrected chi connectivity index (χ3v) is 5.33. The minimum Gasteiger partial charge on any atom is -0.340 e. The van der Waals surface area contributed by atoms with Gasteiger partial charge in [0.1, 0.15) is 11.1 Å². The highest BCUT2D eigenvalue weighted by molar-refractivity contribution is 7.09. The summed E-state index contributed by atoms with van der Waals surface area (Å²) in [5, 5.41) is 4.93. The van der Waals surface area contributed by atoms with Crippen LogP contribution in [0.25, 0.3) is 0 Å². The standard InChI is InChI=1S/C15H20N2O2S/c1-14(2)13(19)17(10-11-6-5-9-20-11)15(12(18)16-14)7-3-4-8-15/h5-6,9H,3-4,7-8,10H2,1-2H3,(H,16,18). The van der Waals surface area contributed by atoms with Crippen LogP contribution in [0, 0.1) is 0 Å². The molecule has 3 rings (SSSR count). The second-order valence-electron chi connectivity index (χ2n) is 6.29. The quantitative estimate of drug-likeness (QED) is 0.909. The van der Waals surface area contributed by atoms with E-state index in [4.69, 9.17) is 0 Å². The smallest absolute Gasteiger partial charge is 0.248 e. The number of nitrogens with zero attached hydrogens (tertiary/aromatic N) is 1. The van der Waals surface area contributed by atoms with Crippen molar-refractivity contribution in [2.45, 2.75) is 57.2 Å². The molecule has 0 radical (unpaired) electrons. The Labute approximate surface area is 123 Å². The van der Waals surface area contributed by atoms with Crippen LogP contribution in [0.1, 0.15) is 44.4 Å². The molecule has 2 aliphatic rings. The summed E-state index contributed by atoms with van der Waals surface area (Å²) in [6.45, 7) is 4.13. The van der Waals surface area contributed by atoms with Crippen molar-refractivity contribution in [3.05, 3.63) is 22.4 Å². The van der Waals surface area contributed by atoms with E-state index in [0.717, 1.165) is 30.6 Å². The van der Waals surface area contributed by atoms with Gasteiger partial charge in [-0.2, -0.15) is 0 Å². The SMILES string of the molecule is CC1(C)NC(=O)C2(CCCC2)N(Cc2cccs2)C1=O. The molecule has 0 atom stereocenters. The van der Waals surface area contributed by atoms with Gasteiger partial charge < -0.3 is 10.2 Å². The molecule has 20 heavy (non-hydrogen) atoms. The van der Waals surface area contributed by atoms with Crippen molar-refractivity contribution in [3.63, 3.8) is 0 Å². The maximum absolute atomic E-state index is 12.8. The predicted octanol–water partition coefficient (Wildman–Crippen LogP) is 2.30. The number of carbonyl (C=O) groups is 2. The van der Waals surface area contributed by atoms with Gasteiger partial charge >= 0.3 is 0 Å². The van der Waals surface area contributed by atoms with Crippen molar-refractivity contribution in [1.29, 1.82) is 0 Å². The lowest BCUT2D eigenvalue weighted by molar-refractivity contribution is -0.162. The zero-order valence-corrected chi connectivity index (χ0v) is 12.8. The van der Waals surface area contributed by atoms with Crippen molar-refractivity contribution in [1.82, 2.24) is 10.2 Å². The molecular formula is C15H20N2O2S. The number of hydrogen-bond acceptors (Lipinski definition) is 3. The number of carbonyl (C=O) groups excluding carboxylic acids is 2. The zero-order valence-electron chi connectivity index (χ0n) is 11.9. The van der Waals surface area contributed by atoms with E-state index in [1.807, 2.05) is 22.4 Å². The molecule has 1 aromatic heterocycles. The molecule has 2 heterocycles. The molecule has 1 aromatic rings. The molecule has 108 valence electrons. The predicted molar refractivity (Wildman–Crippen MR) is 78.3 cm³/mol. The van der Waals surface area contributed by atoms with Crippen LogP contribution in [0.3, 0.4) is 0 Å². The number of thiophene rings is 1. The Balaban J connectivity index is 1.98. The number of piperazine rings is 1. The third kappa shape index (κ3) is 1.95. The van der Waals surface area contributed by atoms with Gasteiger partial charge in [-0.05, 0) is 38.1 Å². The minimum absolute atomic E-state index is 0.0242. The number of amides is 2. The highest BCUT2D eigenvalue weighted by Crippen LogP contribution is 2.40. The first-order chi connectivity index (χ1) is 9.46.